The minimum Gasteiger partial charge on any atom is -0.481 e. The van der Waals surface area contributed by atoms with Gasteiger partial charge in [0.25, 0.3) is 0 Å². The number of carbonyl (C=O) groups is 2. The number of carboxylic acids is 1. The average Bonchev–Trinajstić information content (AvgIpc) is 2.39. The maximum Gasteiger partial charge on any atom is 0.322 e. The lowest BCUT2D eigenvalue weighted by Crippen LogP contribution is -2.50. The monoisotopic (exact) mass is 292 g/mol. The van der Waals surface area contributed by atoms with Gasteiger partial charge in [0.05, 0.1) is 0 Å². The summed E-state index contributed by atoms with van der Waals surface area (Å²) in [5.41, 5.74) is 1.40. The standard InChI is InChI=1S/C16H24N2O3/c1-5-18(13-8-6-12(2)7-9-13)15(21)17-16(3,4)11-10-14(19)20/h6-9H,5,10-11H2,1-4H3,(H,17,21)(H,19,20). The molecule has 5 heteroatoms. The van der Waals surface area contributed by atoms with Crippen molar-refractivity contribution in [3.8, 4) is 0 Å². The van der Waals surface area contributed by atoms with E-state index in [1.807, 2.05) is 52.0 Å². The van der Waals surface area contributed by atoms with Crippen LogP contribution in [0.3, 0.4) is 0 Å². The molecule has 0 radical (unpaired) electrons. The van der Waals surface area contributed by atoms with Gasteiger partial charge in [0, 0.05) is 24.2 Å². The smallest absolute Gasteiger partial charge is 0.322 e. The number of benzene rings is 1. The van der Waals surface area contributed by atoms with Crippen molar-refractivity contribution >= 4 is 17.7 Å². The molecule has 0 bridgehead atoms. The van der Waals surface area contributed by atoms with Gasteiger partial charge in [-0.05, 0) is 46.2 Å². The Morgan fingerprint density at radius 1 is 1.24 bits per heavy atom. The number of nitrogens with zero attached hydrogens (tertiary/aromatic N) is 1. The van der Waals surface area contributed by atoms with Gasteiger partial charge in [0.15, 0.2) is 0 Å². The summed E-state index contributed by atoms with van der Waals surface area (Å²) in [6, 6.07) is 7.52. The molecule has 116 valence electrons. The van der Waals surface area contributed by atoms with Crippen molar-refractivity contribution in [2.45, 2.75) is 46.1 Å². The Kier molecular flexibility index (Phi) is 5.76. The summed E-state index contributed by atoms with van der Waals surface area (Å²) >= 11 is 0. The number of nitrogens with one attached hydrogen (secondary N) is 1. The number of carbonyl (C=O) groups excluding carboxylic acids is 1. The van der Waals surface area contributed by atoms with Crippen molar-refractivity contribution in [2.75, 3.05) is 11.4 Å². The lowest BCUT2D eigenvalue weighted by molar-refractivity contribution is -0.137. The molecule has 0 spiro atoms. The number of aliphatic carboxylic acids is 1. The summed E-state index contributed by atoms with van der Waals surface area (Å²) in [7, 11) is 0. The Morgan fingerprint density at radius 2 is 1.81 bits per heavy atom. The van der Waals surface area contributed by atoms with Crippen LogP contribution in [0, 0.1) is 6.92 Å². The van der Waals surface area contributed by atoms with E-state index < -0.39 is 11.5 Å². The Morgan fingerprint density at radius 3 is 2.29 bits per heavy atom. The first-order valence-electron chi connectivity index (χ1n) is 7.13. The second kappa shape index (κ2) is 7.11. The molecule has 0 aliphatic rings. The van der Waals surface area contributed by atoms with Crippen LogP contribution in [0.2, 0.25) is 0 Å². The fourth-order valence-electron chi connectivity index (χ4n) is 2.01. The minimum atomic E-state index is -0.858. The number of aryl methyl sites for hydroxylation is 1. The first-order valence-corrected chi connectivity index (χ1v) is 7.13. The first kappa shape index (κ1) is 17.0. The van der Waals surface area contributed by atoms with E-state index in [4.69, 9.17) is 5.11 Å². The van der Waals surface area contributed by atoms with E-state index in [2.05, 4.69) is 5.32 Å². The highest BCUT2D eigenvalue weighted by Crippen LogP contribution is 2.17. The number of carboxylic acid groups (broad SMARTS) is 1. The van der Waals surface area contributed by atoms with Crippen LogP contribution in [-0.2, 0) is 4.79 Å². The van der Waals surface area contributed by atoms with Gasteiger partial charge in [-0.25, -0.2) is 4.79 Å². The zero-order chi connectivity index (χ0) is 16.0. The quantitative estimate of drug-likeness (QED) is 0.846. The van der Waals surface area contributed by atoms with E-state index in [1.165, 1.54) is 0 Å². The van der Waals surface area contributed by atoms with Crippen molar-refractivity contribution in [1.82, 2.24) is 5.32 Å². The molecule has 21 heavy (non-hydrogen) atoms. The molecule has 0 saturated carbocycles. The maximum atomic E-state index is 12.4. The van der Waals surface area contributed by atoms with E-state index in [-0.39, 0.29) is 12.5 Å². The zero-order valence-electron chi connectivity index (χ0n) is 13.1. The van der Waals surface area contributed by atoms with Crippen LogP contribution in [0.1, 0.15) is 39.2 Å². The summed E-state index contributed by atoms with van der Waals surface area (Å²) in [5.74, 6) is -0.858. The Bertz CT molecular complexity index is 495. The number of anilines is 1. The summed E-state index contributed by atoms with van der Waals surface area (Å²) in [5, 5.41) is 11.6. The molecule has 0 saturated heterocycles. The number of hydrogen-bond donors (Lipinski definition) is 2. The topological polar surface area (TPSA) is 69.6 Å². The minimum absolute atomic E-state index is 0.0317. The van der Waals surface area contributed by atoms with Crippen molar-refractivity contribution in [3.63, 3.8) is 0 Å². The molecule has 0 fully saturated rings. The van der Waals surface area contributed by atoms with Crippen LogP contribution in [0.15, 0.2) is 24.3 Å². The normalized spacial score (nSPS) is 11.0. The van der Waals surface area contributed by atoms with Crippen LogP contribution in [0.5, 0.6) is 0 Å². The van der Waals surface area contributed by atoms with Gasteiger partial charge in [0.1, 0.15) is 0 Å². The molecule has 2 amide bonds. The number of rotatable bonds is 6. The molecule has 5 nitrogen and oxygen atoms in total. The number of hydrogen-bond acceptors (Lipinski definition) is 2. The second-order valence-electron chi connectivity index (χ2n) is 5.79. The van der Waals surface area contributed by atoms with Crippen LogP contribution in [-0.4, -0.2) is 29.2 Å². The maximum absolute atomic E-state index is 12.4. The highest BCUT2D eigenvalue weighted by atomic mass is 16.4. The van der Waals surface area contributed by atoms with Crippen molar-refractivity contribution in [2.24, 2.45) is 0 Å². The van der Waals surface area contributed by atoms with Gasteiger partial charge in [-0.3, -0.25) is 9.69 Å². The van der Waals surface area contributed by atoms with E-state index in [0.29, 0.717) is 13.0 Å². The molecule has 1 aromatic rings. The average molecular weight is 292 g/mol. The van der Waals surface area contributed by atoms with E-state index in [1.54, 1.807) is 4.90 Å². The van der Waals surface area contributed by atoms with Crippen molar-refractivity contribution in [3.05, 3.63) is 29.8 Å². The van der Waals surface area contributed by atoms with Crippen LogP contribution in [0.4, 0.5) is 10.5 Å². The van der Waals surface area contributed by atoms with Crippen LogP contribution in [0.25, 0.3) is 0 Å². The fraction of sp³-hybridized carbons (Fsp3) is 0.500. The fourth-order valence-corrected chi connectivity index (χ4v) is 2.01. The molecule has 0 aliphatic heterocycles. The van der Waals surface area contributed by atoms with Gasteiger partial charge < -0.3 is 10.4 Å². The third-order valence-corrected chi connectivity index (χ3v) is 3.32. The highest BCUT2D eigenvalue weighted by molar-refractivity contribution is 5.92. The SMILES string of the molecule is CCN(C(=O)NC(C)(C)CCC(=O)O)c1ccc(C)cc1. The summed E-state index contributed by atoms with van der Waals surface area (Å²) in [6.45, 7) is 8.11. The molecule has 0 unspecified atom stereocenters. The summed E-state index contributed by atoms with van der Waals surface area (Å²) in [6.07, 6.45) is 0.420. The molecule has 1 aromatic carbocycles. The van der Waals surface area contributed by atoms with Gasteiger partial charge in [-0.1, -0.05) is 17.7 Å². The lowest BCUT2D eigenvalue weighted by atomic mass is 9.99. The third kappa shape index (κ3) is 5.45. The van der Waals surface area contributed by atoms with Gasteiger partial charge in [-0.15, -0.1) is 0 Å². The predicted molar refractivity (Wildman–Crippen MR) is 83.7 cm³/mol. The molecule has 0 atom stereocenters. The largest absolute Gasteiger partial charge is 0.481 e. The Hall–Kier alpha value is -2.04. The second-order valence-corrected chi connectivity index (χ2v) is 5.79. The van der Waals surface area contributed by atoms with Crippen molar-refractivity contribution in [1.29, 1.82) is 0 Å². The van der Waals surface area contributed by atoms with Gasteiger partial charge in [0.2, 0.25) is 0 Å². The van der Waals surface area contributed by atoms with E-state index in [9.17, 15) is 9.59 Å². The highest BCUT2D eigenvalue weighted by Gasteiger charge is 2.24. The van der Waals surface area contributed by atoms with Crippen LogP contribution >= 0.6 is 0 Å². The zero-order valence-corrected chi connectivity index (χ0v) is 13.1. The molecular formula is C16H24N2O3. The summed E-state index contributed by atoms with van der Waals surface area (Å²) in [4.78, 5) is 24.7. The van der Waals surface area contributed by atoms with Gasteiger partial charge in [-0.2, -0.15) is 0 Å². The summed E-state index contributed by atoms with van der Waals surface area (Å²) < 4.78 is 0. The Labute approximate surface area is 126 Å². The predicted octanol–water partition coefficient (Wildman–Crippen LogP) is 3.17. The lowest BCUT2D eigenvalue weighted by Gasteiger charge is -2.30. The molecule has 0 aromatic heterocycles. The Balaban J connectivity index is 2.75. The number of urea groups is 1. The number of amides is 2. The molecule has 1 rings (SSSR count). The van der Waals surface area contributed by atoms with E-state index in [0.717, 1.165) is 11.3 Å². The molecule has 0 heterocycles. The molecule has 0 aliphatic carbocycles. The molecular weight excluding hydrogens is 268 g/mol. The van der Waals surface area contributed by atoms with Crippen molar-refractivity contribution < 1.29 is 14.7 Å². The molecule has 2 N–H and O–H groups in total. The van der Waals surface area contributed by atoms with E-state index >= 15 is 0 Å². The first-order chi connectivity index (χ1) is 9.75. The van der Waals surface area contributed by atoms with Crippen LogP contribution < -0.4 is 10.2 Å². The van der Waals surface area contributed by atoms with Gasteiger partial charge >= 0.3 is 12.0 Å². The third-order valence-electron chi connectivity index (χ3n) is 3.32.